The standard InChI is InChI=1S/C26H53NO4/c1-3-5-7-9-10-11-12-13-14-15-17-18-20-23(26(31)24(29)22-28)27-25(30)21-19-16-8-6-4-2/h23-24,26,28-29,31H,3-22H2,1-2H3,(H,27,30)/t23-,24+,26-/m1/s1. The smallest absolute Gasteiger partial charge is 0.220 e. The van der Waals surface area contributed by atoms with Crippen LogP contribution < -0.4 is 5.32 Å². The summed E-state index contributed by atoms with van der Waals surface area (Å²) in [6.07, 6.45) is 19.3. The summed E-state index contributed by atoms with van der Waals surface area (Å²) in [5.74, 6) is -0.0652. The van der Waals surface area contributed by atoms with Crippen LogP contribution in [0.15, 0.2) is 0 Å². The van der Waals surface area contributed by atoms with E-state index in [9.17, 15) is 15.0 Å². The van der Waals surface area contributed by atoms with E-state index in [0.717, 1.165) is 32.1 Å². The summed E-state index contributed by atoms with van der Waals surface area (Å²) in [5.41, 5.74) is 0. The number of hydrogen-bond donors (Lipinski definition) is 4. The van der Waals surface area contributed by atoms with E-state index in [1.807, 2.05) is 0 Å². The first-order valence-corrected chi connectivity index (χ1v) is 13.3. The van der Waals surface area contributed by atoms with Crippen molar-refractivity contribution < 1.29 is 20.1 Å². The Bertz CT molecular complexity index is 392. The highest BCUT2D eigenvalue weighted by Crippen LogP contribution is 2.15. The van der Waals surface area contributed by atoms with E-state index in [2.05, 4.69) is 19.2 Å². The number of aliphatic hydroxyl groups is 3. The lowest BCUT2D eigenvalue weighted by atomic mass is 9.98. The molecule has 186 valence electrons. The number of amides is 1. The van der Waals surface area contributed by atoms with Crippen molar-refractivity contribution >= 4 is 5.91 Å². The maximum absolute atomic E-state index is 12.3. The van der Waals surface area contributed by atoms with Gasteiger partial charge >= 0.3 is 0 Å². The van der Waals surface area contributed by atoms with Crippen LogP contribution in [0.3, 0.4) is 0 Å². The molecule has 0 saturated carbocycles. The first-order chi connectivity index (χ1) is 15.1. The molecule has 0 aliphatic heterocycles. The van der Waals surface area contributed by atoms with Gasteiger partial charge in [0.25, 0.3) is 0 Å². The molecule has 5 heteroatoms. The molecule has 0 heterocycles. The Morgan fingerprint density at radius 3 is 1.55 bits per heavy atom. The molecule has 5 nitrogen and oxygen atoms in total. The van der Waals surface area contributed by atoms with Gasteiger partial charge in [-0.05, 0) is 12.8 Å². The van der Waals surface area contributed by atoms with Gasteiger partial charge in [0, 0.05) is 6.42 Å². The van der Waals surface area contributed by atoms with Crippen LogP contribution in [0, 0.1) is 0 Å². The van der Waals surface area contributed by atoms with E-state index in [-0.39, 0.29) is 5.91 Å². The lowest BCUT2D eigenvalue weighted by Gasteiger charge is -2.27. The van der Waals surface area contributed by atoms with Gasteiger partial charge in [-0.15, -0.1) is 0 Å². The molecule has 1 amide bonds. The average Bonchev–Trinajstić information content (AvgIpc) is 2.77. The lowest BCUT2D eigenvalue weighted by Crippen LogP contribution is -2.49. The van der Waals surface area contributed by atoms with Gasteiger partial charge in [-0.2, -0.15) is 0 Å². The van der Waals surface area contributed by atoms with E-state index in [0.29, 0.717) is 12.8 Å². The SMILES string of the molecule is CCCCCCCCCCCCCC[C@@H](NC(=O)CCCCCCC)[C@@H](O)[C@@H](O)CO. The molecule has 0 unspecified atom stereocenters. The third kappa shape index (κ3) is 18.6. The second kappa shape index (κ2) is 22.5. The van der Waals surface area contributed by atoms with Crippen LogP contribution in [-0.2, 0) is 4.79 Å². The molecule has 0 saturated heterocycles. The number of unbranched alkanes of at least 4 members (excludes halogenated alkanes) is 15. The summed E-state index contributed by atoms with van der Waals surface area (Å²) >= 11 is 0. The Labute approximate surface area is 192 Å². The Balaban J connectivity index is 3.99. The highest BCUT2D eigenvalue weighted by Gasteiger charge is 2.26. The molecule has 0 rings (SSSR count). The zero-order valence-electron chi connectivity index (χ0n) is 20.6. The van der Waals surface area contributed by atoms with E-state index in [1.165, 1.54) is 77.0 Å². The summed E-state index contributed by atoms with van der Waals surface area (Å²) in [4.78, 5) is 12.3. The summed E-state index contributed by atoms with van der Waals surface area (Å²) in [6, 6.07) is -0.492. The maximum Gasteiger partial charge on any atom is 0.220 e. The highest BCUT2D eigenvalue weighted by molar-refractivity contribution is 5.76. The fourth-order valence-electron chi connectivity index (χ4n) is 4.08. The summed E-state index contributed by atoms with van der Waals surface area (Å²) in [5, 5.41) is 32.2. The van der Waals surface area contributed by atoms with Crippen LogP contribution in [0.4, 0.5) is 0 Å². The zero-order valence-corrected chi connectivity index (χ0v) is 20.6. The Hall–Kier alpha value is -0.650. The number of rotatable bonds is 23. The maximum atomic E-state index is 12.3. The van der Waals surface area contributed by atoms with E-state index in [1.54, 1.807) is 0 Å². The van der Waals surface area contributed by atoms with Gasteiger partial charge in [-0.3, -0.25) is 4.79 Å². The third-order valence-corrected chi connectivity index (χ3v) is 6.22. The van der Waals surface area contributed by atoms with Crippen LogP contribution in [0.1, 0.15) is 136 Å². The fourth-order valence-corrected chi connectivity index (χ4v) is 4.08. The molecule has 3 atom stereocenters. The molecule has 0 radical (unpaired) electrons. The van der Waals surface area contributed by atoms with E-state index < -0.39 is 24.9 Å². The number of aliphatic hydroxyl groups excluding tert-OH is 3. The fraction of sp³-hybridized carbons (Fsp3) is 0.962. The van der Waals surface area contributed by atoms with Crippen molar-refractivity contribution in [1.82, 2.24) is 5.32 Å². The van der Waals surface area contributed by atoms with E-state index >= 15 is 0 Å². The topological polar surface area (TPSA) is 89.8 Å². The van der Waals surface area contributed by atoms with Crippen molar-refractivity contribution in [2.75, 3.05) is 6.61 Å². The van der Waals surface area contributed by atoms with Crippen LogP contribution in [-0.4, -0.2) is 46.1 Å². The van der Waals surface area contributed by atoms with Crippen LogP contribution in [0.2, 0.25) is 0 Å². The summed E-state index contributed by atoms with van der Waals surface area (Å²) in [6.45, 7) is 3.92. The van der Waals surface area contributed by atoms with Gasteiger partial charge in [0.1, 0.15) is 12.2 Å². The molecule has 0 aliphatic carbocycles. The number of carbonyl (C=O) groups is 1. The molecule has 0 aromatic rings. The van der Waals surface area contributed by atoms with Crippen LogP contribution >= 0.6 is 0 Å². The van der Waals surface area contributed by atoms with Gasteiger partial charge in [0.15, 0.2) is 0 Å². The van der Waals surface area contributed by atoms with Gasteiger partial charge < -0.3 is 20.6 Å². The Morgan fingerprint density at radius 1 is 0.677 bits per heavy atom. The number of carbonyl (C=O) groups excluding carboxylic acids is 1. The molecule has 31 heavy (non-hydrogen) atoms. The minimum absolute atomic E-state index is 0.0652. The monoisotopic (exact) mass is 443 g/mol. The van der Waals surface area contributed by atoms with Crippen molar-refractivity contribution in [3.05, 3.63) is 0 Å². The first kappa shape index (κ1) is 30.4. The highest BCUT2D eigenvalue weighted by atomic mass is 16.4. The Morgan fingerprint density at radius 2 is 1.10 bits per heavy atom. The number of hydrogen-bond acceptors (Lipinski definition) is 4. The predicted octanol–water partition coefficient (Wildman–Crippen LogP) is 5.64. The predicted molar refractivity (Wildman–Crippen MR) is 130 cm³/mol. The van der Waals surface area contributed by atoms with Crippen molar-refractivity contribution in [2.24, 2.45) is 0 Å². The molecule has 4 N–H and O–H groups in total. The average molecular weight is 444 g/mol. The largest absolute Gasteiger partial charge is 0.394 e. The van der Waals surface area contributed by atoms with Crippen molar-refractivity contribution in [3.63, 3.8) is 0 Å². The van der Waals surface area contributed by atoms with Crippen molar-refractivity contribution in [2.45, 2.75) is 154 Å². The minimum Gasteiger partial charge on any atom is -0.394 e. The van der Waals surface area contributed by atoms with Gasteiger partial charge in [0.2, 0.25) is 5.91 Å². The Kier molecular flexibility index (Phi) is 22.1. The zero-order chi connectivity index (χ0) is 23.2. The van der Waals surface area contributed by atoms with Crippen LogP contribution in [0.5, 0.6) is 0 Å². The molecular weight excluding hydrogens is 390 g/mol. The number of nitrogens with one attached hydrogen (secondary N) is 1. The second-order valence-corrected chi connectivity index (χ2v) is 9.26. The normalized spacial score (nSPS) is 14.4. The van der Waals surface area contributed by atoms with Gasteiger partial charge in [-0.1, -0.05) is 117 Å². The molecule has 0 aromatic carbocycles. The van der Waals surface area contributed by atoms with Crippen LogP contribution in [0.25, 0.3) is 0 Å². The molecule has 0 aromatic heterocycles. The second-order valence-electron chi connectivity index (χ2n) is 9.26. The summed E-state index contributed by atoms with van der Waals surface area (Å²) in [7, 11) is 0. The molecule has 0 spiro atoms. The third-order valence-electron chi connectivity index (χ3n) is 6.22. The van der Waals surface area contributed by atoms with Gasteiger partial charge in [0.05, 0.1) is 12.6 Å². The minimum atomic E-state index is -1.22. The van der Waals surface area contributed by atoms with E-state index in [4.69, 9.17) is 5.11 Å². The lowest BCUT2D eigenvalue weighted by molar-refractivity contribution is -0.124. The quantitative estimate of drug-likeness (QED) is 0.154. The first-order valence-electron chi connectivity index (χ1n) is 13.3. The molecular formula is C26H53NO4. The molecule has 0 aliphatic rings. The summed E-state index contributed by atoms with van der Waals surface area (Å²) < 4.78 is 0. The van der Waals surface area contributed by atoms with Crippen molar-refractivity contribution in [3.8, 4) is 0 Å². The van der Waals surface area contributed by atoms with Crippen molar-refractivity contribution in [1.29, 1.82) is 0 Å². The molecule has 0 bridgehead atoms. The molecule has 0 fully saturated rings. The van der Waals surface area contributed by atoms with Gasteiger partial charge in [-0.25, -0.2) is 0 Å².